The molecule has 1 N–H and O–H groups in total. The van der Waals surface area contributed by atoms with Crippen LogP contribution in [0.2, 0.25) is 0 Å². The molecular formula is C24H30F4N2O2. The fourth-order valence-corrected chi connectivity index (χ4v) is 3.25. The van der Waals surface area contributed by atoms with Gasteiger partial charge in [0.1, 0.15) is 6.54 Å². The van der Waals surface area contributed by atoms with Crippen LogP contribution in [0.15, 0.2) is 46.9 Å². The van der Waals surface area contributed by atoms with E-state index in [9.17, 15) is 27.5 Å². The zero-order valence-electron chi connectivity index (χ0n) is 19.2. The molecule has 1 unspecified atom stereocenters. The van der Waals surface area contributed by atoms with Crippen molar-refractivity contribution in [1.29, 1.82) is 0 Å². The molecule has 2 rings (SSSR count). The van der Waals surface area contributed by atoms with Crippen molar-refractivity contribution in [3.05, 3.63) is 69.5 Å². The van der Waals surface area contributed by atoms with Crippen LogP contribution in [0.5, 0.6) is 0 Å². The van der Waals surface area contributed by atoms with Gasteiger partial charge in [-0.05, 0) is 50.5 Å². The Morgan fingerprint density at radius 3 is 2.38 bits per heavy atom. The van der Waals surface area contributed by atoms with Gasteiger partial charge in [-0.3, -0.25) is 4.79 Å². The van der Waals surface area contributed by atoms with Gasteiger partial charge in [-0.2, -0.15) is 13.2 Å². The Morgan fingerprint density at radius 1 is 1.25 bits per heavy atom. The molecule has 0 aliphatic heterocycles. The van der Waals surface area contributed by atoms with Crippen molar-refractivity contribution in [3.8, 4) is 11.3 Å². The van der Waals surface area contributed by atoms with E-state index < -0.39 is 30.2 Å². The highest BCUT2D eigenvalue weighted by Crippen LogP contribution is 2.31. The monoisotopic (exact) mass is 454 g/mol. The Labute approximate surface area is 185 Å². The minimum absolute atomic E-state index is 0.0236. The second kappa shape index (κ2) is 11.8. The van der Waals surface area contributed by atoms with Gasteiger partial charge in [0.15, 0.2) is 5.82 Å². The fraction of sp³-hybridized carbons (Fsp3) is 0.417. The predicted molar refractivity (Wildman–Crippen MR) is 120 cm³/mol. The SMILES string of the molecule is C/C=C\C(C)=C(\CC)c1ccc(C(C)O)c(-c2ccn(CC(F)(F)F)c(=O)c2F)n1.CC. The maximum Gasteiger partial charge on any atom is 0.406 e. The molecular weight excluding hydrogens is 424 g/mol. The van der Waals surface area contributed by atoms with Crippen LogP contribution in [0.25, 0.3) is 16.8 Å². The number of pyridine rings is 2. The molecule has 2 aromatic heterocycles. The van der Waals surface area contributed by atoms with Gasteiger partial charge in [0.2, 0.25) is 0 Å². The van der Waals surface area contributed by atoms with Gasteiger partial charge >= 0.3 is 6.18 Å². The number of alkyl halides is 3. The Morgan fingerprint density at radius 2 is 1.88 bits per heavy atom. The standard InChI is InChI=1S/C22H24F4N2O2.C2H6/c1-5-7-13(3)15(6-2)18-9-8-16(14(4)29)20(27-18)17-10-11-28(12-22(24,25)26)21(30)19(17)23;1-2/h5,7-11,14,29H,6,12H2,1-4H3;1-2H3/b7-5-,15-13-;. The van der Waals surface area contributed by atoms with E-state index in [0.29, 0.717) is 12.1 Å². The van der Waals surface area contributed by atoms with Gasteiger partial charge < -0.3 is 9.67 Å². The molecule has 0 aliphatic carbocycles. The molecule has 2 aromatic rings. The number of hydrogen-bond donors (Lipinski definition) is 1. The predicted octanol–water partition coefficient (Wildman–Crippen LogP) is 6.45. The summed E-state index contributed by atoms with van der Waals surface area (Å²) in [5, 5.41) is 10.1. The average molecular weight is 455 g/mol. The van der Waals surface area contributed by atoms with Gasteiger partial charge in [-0.25, -0.2) is 9.37 Å². The lowest BCUT2D eigenvalue weighted by Gasteiger charge is -2.16. The number of rotatable bonds is 6. The summed E-state index contributed by atoms with van der Waals surface area (Å²) >= 11 is 0. The molecule has 0 saturated carbocycles. The second-order valence-electron chi connectivity index (χ2n) is 6.92. The van der Waals surface area contributed by atoms with E-state index in [0.717, 1.165) is 23.4 Å². The van der Waals surface area contributed by atoms with Crippen LogP contribution in [0.4, 0.5) is 17.6 Å². The van der Waals surface area contributed by atoms with Crippen LogP contribution in [0, 0.1) is 5.82 Å². The van der Waals surface area contributed by atoms with Crippen molar-refractivity contribution in [2.24, 2.45) is 0 Å². The molecule has 0 aliphatic rings. The molecule has 4 nitrogen and oxygen atoms in total. The van der Waals surface area contributed by atoms with E-state index in [2.05, 4.69) is 4.98 Å². The molecule has 0 amide bonds. The highest BCUT2D eigenvalue weighted by atomic mass is 19.4. The smallest absolute Gasteiger partial charge is 0.389 e. The van der Waals surface area contributed by atoms with E-state index in [-0.39, 0.29) is 21.4 Å². The van der Waals surface area contributed by atoms with Crippen molar-refractivity contribution in [3.63, 3.8) is 0 Å². The van der Waals surface area contributed by atoms with Crippen molar-refractivity contribution < 1.29 is 22.7 Å². The highest BCUT2D eigenvalue weighted by molar-refractivity contribution is 5.72. The minimum Gasteiger partial charge on any atom is -0.389 e. The molecule has 8 heteroatoms. The summed E-state index contributed by atoms with van der Waals surface area (Å²) in [7, 11) is 0. The maximum absolute atomic E-state index is 14.8. The number of allylic oxidation sites excluding steroid dienone is 4. The topological polar surface area (TPSA) is 55.1 Å². The first-order chi connectivity index (χ1) is 15.0. The third-order valence-electron chi connectivity index (χ3n) is 4.64. The summed E-state index contributed by atoms with van der Waals surface area (Å²) in [5.41, 5.74) is 1.01. The van der Waals surface area contributed by atoms with E-state index in [1.165, 1.54) is 6.92 Å². The Balaban J connectivity index is 0.00000249. The lowest BCUT2D eigenvalue weighted by atomic mass is 9.98. The van der Waals surface area contributed by atoms with Crippen molar-refractivity contribution in [2.45, 2.75) is 66.8 Å². The number of aliphatic hydroxyl groups excluding tert-OH is 1. The molecule has 1 atom stereocenters. The van der Waals surface area contributed by atoms with Gasteiger partial charge in [0.05, 0.1) is 17.5 Å². The fourth-order valence-electron chi connectivity index (χ4n) is 3.25. The largest absolute Gasteiger partial charge is 0.406 e. The molecule has 0 aromatic carbocycles. The summed E-state index contributed by atoms with van der Waals surface area (Å²) in [6, 6.07) is 4.36. The second-order valence-corrected chi connectivity index (χ2v) is 6.92. The van der Waals surface area contributed by atoms with Crippen LogP contribution < -0.4 is 5.56 Å². The van der Waals surface area contributed by atoms with Crippen LogP contribution in [0.1, 0.15) is 65.3 Å². The molecule has 32 heavy (non-hydrogen) atoms. The number of aliphatic hydroxyl groups is 1. The summed E-state index contributed by atoms with van der Waals surface area (Å²) in [5.74, 6) is -1.35. The van der Waals surface area contributed by atoms with Gasteiger partial charge in [-0.1, -0.05) is 39.0 Å². The first kappa shape index (κ1) is 27.3. The summed E-state index contributed by atoms with van der Waals surface area (Å²) in [4.78, 5) is 16.7. The van der Waals surface area contributed by atoms with Gasteiger partial charge in [0.25, 0.3) is 5.56 Å². The number of halogens is 4. The molecule has 176 valence electrons. The highest BCUT2D eigenvalue weighted by Gasteiger charge is 2.29. The van der Waals surface area contributed by atoms with E-state index in [4.69, 9.17) is 0 Å². The summed E-state index contributed by atoms with van der Waals surface area (Å²) in [6.07, 6.45) is -0.393. The lowest BCUT2D eigenvalue weighted by molar-refractivity contribution is -0.141. The van der Waals surface area contributed by atoms with E-state index >= 15 is 0 Å². The summed E-state index contributed by atoms with van der Waals surface area (Å²) in [6.45, 7) is 9.58. The van der Waals surface area contributed by atoms with Gasteiger partial charge in [0, 0.05) is 17.3 Å². The van der Waals surface area contributed by atoms with Gasteiger partial charge in [-0.15, -0.1) is 0 Å². The first-order valence-electron chi connectivity index (χ1n) is 10.5. The zero-order chi connectivity index (χ0) is 24.6. The molecule has 0 spiro atoms. The molecule has 0 fully saturated rings. The van der Waals surface area contributed by atoms with Crippen LogP contribution in [-0.4, -0.2) is 20.8 Å². The number of nitrogens with zero attached hydrogens (tertiary/aromatic N) is 2. The Bertz CT molecular complexity index is 1040. The average Bonchev–Trinajstić information content (AvgIpc) is 2.73. The van der Waals surface area contributed by atoms with E-state index in [1.54, 1.807) is 12.1 Å². The molecule has 0 saturated heterocycles. The third kappa shape index (κ3) is 6.63. The van der Waals surface area contributed by atoms with E-state index in [1.807, 2.05) is 46.8 Å². The maximum atomic E-state index is 14.8. The van der Waals surface area contributed by atoms with Crippen molar-refractivity contribution >= 4 is 5.57 Å². The number of aromatic nitrogens is 2. The molecule has 2 heterocycles. The van der Waals surface area contributed by atoms with Crippen molar-refractivity contribution in [2.75, 3.05) is 0 Å². The Hall–Kier alpha value is -2.74. The normalized spacial score (nSPS) is 13.5. The summed E-state index contributed by atoms with van der Waals surface area (Å²) < 4.78 is 53.0. The quantitative estimate of drug-likeness (QED) is 0.403. The third-order valence-corrected chi connectivity index (χ3v) is 4.64. The van der Waals surface area contributed by atoms with Crippen LogP contribution >= 0.6 is 0 Å². The van der Waals surface area contributed by atoms with Crippen LogP contribution in [-0.2, 0) is 6.54 Å². The Kier molecular flexibility index (Phi) is 10.0. The van der Waals surface area contributed by atoms with Crippen molar-refractivity contribution in [1.82, 2.24) is 9.55 Å². The minimum atomic E-state index is -4.66. The molecule has 0 radical (unpaired) electrons. The first-order valence-corrected chi connectivity index (χ1v) is 10.5. The lowest BCUT2D eigenvalue weighted by Crippen LogP contribution is -2.30. The zero-order valence-corrected chi connectivity index (χ0v) is 19.2. The number of hydrogen-bond acceptors (Lipinski definition) is 3. The van der Waals surface area contributed by atoms with Crippen LogP contribution in [0.3, 0.4) is 0 Å². The molecule has 0 bridgehead atoms.